The fourth-order valence-corrected chi connectivity index (χ4v) is 5.24. The van der Waals surface area contributed by atoms with Crippen molar-refractivity contribution >= 4 is 34.1 Å². The van der Waals surface area contributed by atoms with Gasteiger partial charge in [-0.15, -0.1) is 11.3 Å². The first-order valence-electron chi connectivity index (χ1n) is 8.92. The van der Waals surface area contributed by atoms with Crippen LogP contribution >= 0.6 is 11.3 Å². The molecular formula is C19H24N2O4S. The number of carboxylic acid groups (broad SMARTS) is 1. The summed E-state index contributed by atoms with van der Waals surface area (Å²) in [7, 11) is 0. The number of nitrogens with two attached hydrogens (primary N) is 1. The summed E-state index contributed by atoms with van der Waals surface area (Å²) in [5, 5.41) is 12.8. The van der Waals surface area contributed by atoms with Crippen molar-refractivity contribution in [1.82, 2.24) is 0 Å². The quantitative estimate of drug-likeness (QED) is 0.701. The van der Waals surface area contributed by atoms with Crippen LogP contribution in [0.4, 0.5) is 5.00 Å². The average molecular weight is 376 g/mol. The minimum Gasteiger partial charge on any atom is -0.481 e. The van der Waals surface area contributed by atoms with E-state index in [4.69, 9.17) is 5.73 Å². The molecule has 3 rings (SSSR count). The average Bonchev–Trinajstić information content (AvgIpc) is 2.94. The third-order valence-corrected chi connectivity index (χ3v) is 6.78. The van der Waals surface area contributed by atoms with Crippen LogP contribution in [0.2, 0.25) is 0 Å². The molecule has 0 aliphatic heterocycles. The van der Waals surface area contributed by atoms with Gasteiger partial charge < -0.3 is 16.2 Å². The van der Waals surface area contributed by atoms with Crippen molar-refractivity contribution in [2.24, 2.45) is 17.6 Å². The molecule has 7 heteroatoms. The highest BCUT2D eigenvalue weighted by molar-refractivity contribution is 7.17. The van der Waals surface area contributed by atoms with Gasteiger partial charge in [-0.2, -0.15) is 0 Å². The SMILES string of the molecule is CC1=C(C)C[C@@H](C(=O)Nc2sc3c(c2C(N)=O)CCCC3)[C@H](C(=O)O)C1. The molecule has 140 valence electrons. The number of nitrogens with one attached hydrogen (secondary N) is 1. The first kappa shape index (κ1) is 18.6. The van der Waals surface area contributed by atoms with Crippen molar-refractivity contribution in [2.75, 3.05) is 5.32 Å². The molecule has 2 amide bonds. The van der Waals surface area contributed by atoms with Crippen molar-refractivity contribution in [3.8, 4) is 0 Å². The Morgan fingerprint density at radius 1 is 1.08 bits per heavy atom. The van der Waals surface area contributed by atoms with E-state index in [1.807, 2.05) is 13.8 Å². The summed E-state index contributed by atoms with van der Waals surface area (Å²) >= 11 is 1.40. The zero-order valence-electron chi connectivity index (χ0n) is 15.1. The topological polar surface area (TPSA) is 109 Å². The molecule has 0 bridgehead atoms. The normalized spacial score (nSPS) is 22.7. The standard InChI is InChI=1S/C19H24N2O4S/c1-9-7-12(13(19(24)25)8-10(9)2)17(23)21-18-15(16(20)22)11-5-3-4-6-14(11)26-18/h12-13H,3-8H2,1-2H3,(H2,20,22)(H,21,23)(H,24,25)/t12-,13-/m1/s1. The molecule has 2 atom stereocenters. The molecule has 0 spiro atoms. The lowest BCUT2D eigenvalue weighted by atomic mass is 9.76. The molecular weight excluding hydrogens is 352 g/mol. The van der Waals surface area contributed by atoms with Crippen molar-refractivity contribution < 1.29 is 19.5 Å². The van der Waals surface area contributed by atoms with Crippen molar-refractivity contribution in [3.05, 3.63) is 27.2 Å². The van der Waals surface area contributed by atoms with Gasteiger partial charge >= 0.3 is 5.97 Å². The number of hydrogen-bond donors (Lipinski definition) is 3. The molecule has 1 aromatic rings. The van der Waals surface area contributed by atoms with Crippen LogP contribution in [0, 0.1) is 11.8 Å². The molecule has 4 N–H and O–H groups in total. The fourth-order valence-electron chi connectivity index (χ4n) is 3.95. The van der Waals surface area contributed by atoms with E-state index in [1.54, 1.807) is 0 Å². The van der Waals surface area contributed by atoms with E-state index >= 15 is 0 Å². The molecule has 0 saturated heterocycles. The molecule has 2 aliphatic rings. The van der Waals surface area contributed by atoms with E-state index < -0.39 is 23.7 Å². The highest BCUT2D eigenvalue weighted by Crippen LogP contribution is 2.40. The first-order valence-corrected chi connectivity index (χ1v) is 9.74. The van der Waals surface area contributed by atoms with Gasteiger partial charge in [0.05, 0.1) is 17.4 Å². The summed E-state index contributed by atoms with van der Waals surface area (Å²) in [5.74, 6) is -3.23. The van der Waals surface area contributed by atoms with Crippen LogP contribution in [0.5, 0.6) is 0 Å². The number of fused-ring (bicyclic) bond motifs is 1. The molecule has 0 aromatic carbocycles. The van der Waals surface area contributed by atoms with E-state index in [9.17, 15) is 19.5 Å². The number of amides is 2. The van der Waals surface area contributed by atoms with Gasteiger partial charge in [-0.05, 0) is 57.9 Å². The Labute approximate surface area is 156 Å². The highest BCUT2D eigenvalue weighted by atomic mass is 32.1. The van der Waals surface area contributed by atoms with Crippen LogP contribution in [0.25, 0.3) is 0 Å². The number of carbonyl (C=O) groups is 3. The van der Waals surface area contributed by atoms with Gasteiger partial charge in [0.15, 0.2) is 0 Å². The number of hydrogen-bond acceptors (Lipinski definition) is 4. The lowest BCUT2D eigenvalue weighted by Crippen LogP contribution is -2.36. The minimum atomic E-state index is -0.961. The molecule has 0 unspecified atom stereocenters. The lowest BCUT2D eigenvalue weighted by molar-refractivity contribution is -0.146. The summed E-state index contributed by atoms with van der Waals surface area (Å²) in [5.41, 5.74) is 9.02. The smallest absolute Gasteiger partial charge is 0.307 e. The number of primary amides is 1. The number of aliphatic carboxylic acids is 1. The van der Waals surface area contributed by atoms with Crippen LogP contribution < -0.4 is 11.1 Å². The van der Waals surface area contributed by atoms with Gasteiger partial charge in [0.1, 0.15) is 5.00 Å². The van der Waals surface area contributed by atoms with Crippen molar-refractivity contribution in [1.29, 1.82) is 0 Å². The van der Waals surface area contributed by atoms with Crippen molar-refractivity contribution in [2.45, 2.75) is 52.4 Å². The number of aryl methyl sites for hydroxylation is 1. The van der Waals surface area contributed by atoms with Gasteiger partial charge in [0.25, 0.3) is 5.91 Å². The highest BCUT2D eigenvalue weighted by Gasteiger charge is 2.38. The van der Waals surface area contributed by atoms with E-state index in [2.05, 4.69) is 5.32 Å². The van der Waals surface area contributed by atoms with Crippen molar-refractivity contribution in [3.63, 3.8) is 0 Å². The van der Waals surface area contributed by atoms with Crippen LogP contribution in [-0.2, 0) is 22.4 Å². The number of carbonyl (C=O) groups excluding carboxylic acids is 2. The Hall–Kier alpha value is -2.15. The Morgan fingerprint density at radius 2 is 1.69 bits per heavy atom. The maximum atomic E-state index is 12.9. The molecule has 0 radical (unpaired) electrons. The zero-order valence-corrected chi connectivity index (χ0v) is 15.9. The Morgan fingerprint density at radius 3 is 2.31 bits per heavy atom. The maximum Gasteiger partial charge on any atom is 0.307 e. The summed E-state index contributed by atoms with van der Waals surface area (Å²) < 4.78 is 0. The fraction of sp³-hybridized carbons (Fsp3) is 0.526. The van der Waals surface area contributed by atoms with E-state index in [1.165, 1.54) is 11.3 Å². The molecule has 26 heavy (non-hydrogen) atoms. The Balaban J connectivity index is 1.89. The largest absolute Gasteiger partial charge is 0.481 e. The Kier molecular flexibility index (Phi) is 5.18. The third-order valence-electron chi connectivity index (χ3n) is 5.57. The molecule has 6 nitrogen and oxygen atoms in total. The van der Waals surface area contributed by atoms with E-state index in [0.717, 1.165) is 47.3 Å². The number of carboxylic acids is 1. The molecule has 0 fully saturated rings. The first-order chi connectivity index (χ1) is 12.3. The van der Waals surface area contributed by atoms with Gasteiger partial charge in [-0.3, -0.25) is 14.4 Å². The van der Waals surface area contributed by atoms with Crippen LogP contribution in [0.15, 0.2) is 11.1 Å². The summed E-state index contributed by atoms with van der Waals surface area (Å²) in [6, 6.07) is 0. The van der Waals surface area contributed by atoms with Crippen LogP contribution in [0.1, 0.15) is 60.3 Å². The maximum absolute atomic E-state index is 12.9. The minimum absolute atomic E-state index is 0.342. The van der Waals surface area contributed by atoms with Gasteiger partial charge in [-0.1, -0.05) is 11.1 Å². The zero-order chi connectivity index (χ0) is 19.0. The molecule has 2 aliphatic carbocycles. The molecule has 1 heterocycles. The third kappa shape index (κ3) is 3.40. The summed E-state index contributed by atoms with van der Waals surface area (Å²) in [6.45, 7) is 3.85. The lowest BCUT2D eigenvalue weighted by Gasteiger charge is -2.29. The van der Waals surface area contributed by atoms with E-state index in [-0.39, 0.29) is 5.91 Å². The van der Waals surface area contributed by atoms with Crippen LogP contribution in [-0.4, -0.2) is 22.9 Å². The van der Waals surface area contributed by atoms with Gasteiger partial charge in [-0.25, -0.2) is 0 Å². The number of rotatable bonds is 4. The summed E-state index contributed by atoms with van der Waals surface area (Å²) in [6.07, 6.45) is 4.55. The second-order valence-corrected chi connectivity index (χ2v) is 8.39. The Bertz CT molecular complexity index is 809. The monoisotopic (exact) mass is 376 g/mol. The molecule has 0 saturated carbocycles. The summed E-state index contributed by atoms with van der Waals surface area (Å²) in [4.78, 5) is 37.6. The molecule has 1 aromatic heterocycles. The number of anilines is 1. The number of thiophene rings is 1. The van der Waals surface area contributed by atoms with Gasteiger partial charge in [0.2, 0.25) is 5.91 Å². The van der Waals surface area contributed by atoms with Gasteiger partial charge in [0, 0.05) is 4.88 Å². The van der Waals surface area contributed by atoms with E-state index in [0.29, 0.717) is 23.4 Å². The second-order valence-electron chi connectivity index (χ2n) is 7.29. The second kappa shape index (κ2) is 7.23. The predicted molar refractivity (Wildman–Crippen MR) is 100 cm³/mol. The van der Waals surface area contributed by atoms with Crippen LogP contribution in [0.3, 0.4) is 0 Å². The number of allylic oxidation sites excluding steroid dienone is 2. The predicted octanol–water partition coefficient (Wildman–Crippen LogP) is 3.11.